The van der Waals surface area contributed by atoms with Crippen LogP contribution in [-0.4, -0.2) is 36.8 Å². The number of ether oxygens (including phenoxy) is 2. The highest BCUT2D eigenvalue weighted by atomic mass is 35.5. The molecule has 7 nitrogen and oxygen atoms in total. The Morgan fingerprint density at radius 1 is 1.14 bits per heavy atom. The van der Waals surface area contributed by atoms with Gasteiger partial charge in [0.05, 0.1) is 19.8 Å². The number of carbonyl (C=O) groups excluding carboxylic acids is 1. The number of rotatable bonds is 5. The molecule has 0 N–H and O–H groups in total. The Hall–Kier alpha value is -3.06. The first-order valence-electron chi connectivity index (χ1n) is 8.71. The second kappa shape index (κ2) is 7.52. The van der Waals surface area contributed by atoms with E-state index in [1.54, 1.807) is 37.3 Å². The topological polar surface area (TPSA) is 77.7 Å². The molecule has 1 aliphatic rings. The van der Waals surface area contributed by atoms with Crippen molar-refractivity contribution in [3.05, 3.63) is 53.3 Å². The van der Waals surface area contributed by atoms with Crippen molar-refractivity contribution in [3.8, 4) is 23.0 Å². The number of hydrogen-bond acceptors (Lipinski definition) is 6. The summed E-state index contributed by atoms with van der Waals surface area (Å²) in [7, 11) is 3.17. The van der Waals surface area contributed by atoms with Crippen molar-refractivity contribution in [1.29, 1.82) is 0 Å². The highest BCUT2D eigenvalue weighted by molar-refractivity contribution is 6.30. The van der Waals surface area contributed by atoms with E-state index >= 15 is 0 Å². The Morgan fingerprint density at radius 2 is 1.93 bits per heavy atom. The molecule has 144 valence electrons. The van der Waals surface area contributed by atoms with Gasteiger partial charge in [0.1, 0.15) is 11.5 Å². The number of benzene rings is 2. The lowest BCUT2D eigenvalue weighted by Crippen LogP contribution is -2.24. The van der Waals surface area contributed by atoms with Gasteiger partial charge in [-0.25, -0.2) is 0 Å². The molecule has 8 heteroatoms. The molecule has 0 radical (unpaired) electrons. The van der Waals surface area contributed by atoms with Gasteiger partial charge in [-0.3, -0.25) is 4.79 Å². The lowest BCUT2D eigenvalue weighted by Gasteiger charge is -2.16. The number of anilines is 1. The fraction of sp³-hybridized carbons (Fsp3) is 0.250. The van der Waals surface area contributed by atoms with E-state index in [0.29, 0.717) is 41.0 Å². The highest BCUT2D eigenvalue weighted by Crippen LogP contribution is 2.35. The summed E-state index contributed by atoms with van der Waals surface area (Å²) in [5, 5.41) is 4.63. The van der Waals surface area contributed by atoms with Crippen LogP contribution < -0.4 is 14.4 Å². The molecule has 1 aliphatic heterocycles. The molecule has 0 bridgehead atoms. The van der Waals surface area contributed by atoms with Crippen molar-refractivity contribution >= 4 is 23.2 Å². The van der Waals surface area contributed by atoms with Crippen LogP contribution in [0.2, 0.25) is 5.02 Å². The molecule has 28 heavy (non-hydrogen) atoms. The first-order chi connectivity index (χ1) is 13.6. The van der Waals surface area contributed by atoms with Crippen molar-refractivity contribution in [2.45, 2.75) is 12.3 Å². The number of amides is 1. The van der Waals surface area contributed by atoms with Gasteiger partial charge in [0.2, 0.25) is 5.91 Å². The normalized spacial score (nSPS) is 16.5. The van der Waals surface area contributed by atoms with Gasteiger partial charge >= 0.3 is 0 Å². The smallest absolute Gasteiger partial charge is 0.261 e. The Kier molecular flexibility index (Phi) is 4.92. The van der Waals surface area contributed by atoms with E-state index in [4.69, 9.17) is 25.6 Å². The minimum atomic E-state index is -0.155. The maximum Gasteiger partial charge on any atom is 0.261 e. The molecule has 0 spiro atoms. The van der Waals surface area contributed by atoms with E-state index in [2.05, 4.69) is 10.1 Å². The molecule has 1 atom stereocenters. The monoisotopic (exact) mass is 399 g/mol. The van der Waals surface area contributed by atoms with Gasteiger partial charge < -0.3 is 18.9 Å². The van der Waals surface area contributed by atoms with E-state index < -0.39 is 0 Å². The molecule has 1 amide bonds. The van der Waals surface area contributed by atoms with E-state index in [0.717, 1.165) is 11.4 Å². The average Bonchev–Trinajstić information content (AvgIpc) is 3.35. The molecular weight excluding hydrogens is 382 g/mol. The molecule has 1 saturated heterocycles. The van der Waals surface area contributed by atoms with Crippen LogP contribution in [-0.2, 0) is 4.79 Å². The lowest BCUT2D eigenvalue weighted by atomic mass is 10.1. The number of aromatic nitrogens is 2. The maximum absolute atomic E-state index is 12.5. The molecule has 0 aliphatic carbocycles. The van der Waals surface area contributed by atoms with Gasteiger partial charge in [-0.15, -0.1) is 0 Å². The predicted molar refractivity (Wildman–Crippen MR) is 104 cm³/mol. The maximum atomic E-state index is 12.5. The molecular formula is C20H18ClN3O4. The Morgan fingerprint density at radius 3 is 2.64 bits per heavy atom. The van der Waals surface area contributed by atoms with Crippen LogP contribution in [0, 0.1) is 0 Å². The van der Waals surface area contributed by atoms with Crippen molar-refractivity contribution in [1.82, 2.24) is 10.1 Å². The number of halogens is 1. The zero-order valence-corrected chi connectivity index (χ0v) is 16.1. The third kappa shape index (κ3) is 3.41. The van der Waals surface area contributed by atoms with Crippen LogP contribution in [0.3, 0.4) is 0 Å². The lowest BCUT2D eigenvalue weighted by molar-refractivity contribution is -0.117. The standard InChI is InChI=1S/C20H18ClN3O4/c1-26-15-6-4-14(5-7-15)24-11-12(9-18(24)25)19-22-20(28-23-19)16-10-13(21)3-8-17(16)27-2/h3-8,10,12H,9,11H2,1-2H3. The van der Waals surface area contributed by atoms with E-state index in [-0.39, 0.29) is 11.8 Å². The molecule has 0 saturated carbocycles. The zero-order chi connectivity index (χ0) is 19.7. The zero-order valence-electron chi connectivity index (χ0n) is 15.4. The SMILES string of the molecule is COc1ccc(N2CC(c3noc(-c4cc(Cl)ccc4OC)n3)CC2=O)cc1. The van der Waals surface area contributed by atoms with Crippen LogP contribution in [0.15, 0.2) is 47.0 Å². The summed E-state index contributed by atoms with van der Waals surface area (Å²) >= 11 is 6.08. The summed E-state index contributed by atoms with van der Waals surface area (Å²) in [6, 6.07) is 12.5. The Bertz CT molecular complexity index is 1000. The van der Waals surface area contributed by atoms with Crippen molar-refractivity contribution in [3.63, 3.8) is 0 Å². The van der Waals surface area contributed by atoms with E-state index in [1.807, 2.05) is 24.3 Å². The summed E-state index contributed by atoms with van der Waals surface area (Å²) in [5.74, 6) is 1.98. The highest BCUT2D eigenvalue weighted by Gasteiger charge is 2.34. The quantitative estimate of drug-likeness (QED) is 0.647. The van der Waals surface area contributed by atoms with Gasteiger partial charge in [-0.05, 0) is 42.5 Å². The average molecular weight is 400 g/mol. The molecule has 1 unspecified atom stereocenters. The fourth-order valence-electron chi connectivity index (χ4n) is 3.25. The van der Waals surface area contributed by atoms with Crippen LogP contribution >= 0.6 is 11.6 Å². The van der Waals surface area contributed by atoms with Gasteiger partial charge in [-0.1, -0.05) is 16.8 Å². The predicted octanol–water partition coefficient (Wildman–Crippen LogP) is 3.93. The minimum Gasteiger partial charge on any atom is -0.497 e. The molecule has 1 fully saturated rings. The summed E-state index contributed by atoms with van der Waals surface area (Å²) in [4.78, 5) is 18.7. The summed E-state index contributed by atoms with van der Waals surface area (Å²) in [6.07, 6.45) is 0.317. The Labute approximate surface area is 166 Å². The minimum absolute atomic E-state index is 0.0156. The van der Waals surface area contributed by atoms with Crippen LogP contribution in [0.25, 0.3) is 11.5 Å². The van der Waals surface area contributed by atoms with Crippen LogP contribution in [0.1, 0.15) is 18.2 Å². The third-order valence-corrected chi connectivity index (χ3v) is 4.94. The van der Waals surface area contributed by atoms with Gasteiger partial charge in [-0.2, -0.15) is 4.98 Å². The number of carbonyl (C=O) groups is 1. The molecule has 4 rings (SSSR count). The summed E-state index contributed by atoms with van der Waals surface area (Å²) in [5.41, 5.74) is 1.43. The third-order valence-electron chi connectivity index (χ3n) is 4.71. The molecule has 2 aromatic carbocycles. The summed E-state index contributed by atoms with van der Waals surface area (Å²) in [6.45, 7) is 0.483. The molecule has 2 heterocycles. The molecule has 3 aromatic rings. The fourth-order valence-corrected chi connectivity index (χ4v) is 3.42. The van der Waals surface area contributed by atoms with E-state index in [1.165, 1.54) is 0 Å². The van der Waals surface area contributed by atoms with Crippen molar-refractivity contribution in [2.75, 3.05) is 25.7 Å². The summed E-state index contributed by atoms with van der Waals surface area (Å²) < 4.78 is 15.9. The number of methoxy groups -OCH3 is 2. The largest absolute Gasteiger partial charge is 0.497 e. The second-order valence-electron chi connectivity index (χ2n) is 6.41. The van der Waals surface area contributed by atoms with Gasteiger partial charge in [0.25, 0.3) is 5.89 Å². The van der Waals surface area contributed by atoms with Crippen LogP contribution in [0.4, 0.5) is 5.69 Å². The van der Waals surface area contributed by atoms with Crippen LogP contribution in [0.5, 0.6) is 11.5 Å². The first-order valence-corrected chi connectivity index (χ1v) is 9.08. The first kappa shape index (κ1) is 18.3. The Balaban J connectivity index is 1.56. The van der Waals surface area contributed by atoms with Gasteiger partial charge in [0.15, 0.2) is 5.82 Å². The number of nitrogens with zero attached hydrogens (tertiary/aromatic N) is 3. The molecule has 1 aromatic heterocycles. The number of hydrogen-bond donors (Lipinski definition) is 0. The van der Waals surface area contributed by atoms with E-state index in [9.17, 15) is 4.79 Å². The second-order valence-corrected chi connectivity index (χ2v) is 6.84. The van der Waals surface area contributed by atoms with Crippen molar-refractivity contribution in [2.24, 2.45) is 0 Å². The van der Waals surface area contributed by atoms with Crippen molar-refractivity contribution < 1.29 is 18.8 Å². The van der Waals surface area contributed by atoms with Gasteiger partial charge in [0, 0.05) is 29.6 Å².